The second-order valence-electron chi connectivity index (χ2n) is 4.22. The molecule has 0 spiro atoms. The van der Waals surface area contributed by atoms with Crippen LogP contribution >= 0.6 is 0 Å². The number of ether oxygens (including phenoxy) is 2. The van der Waals surface area contributed by atoms with Crippen molar-refractivity contribution in [2.45, 2.75) is 13.0 Å². The molecule has 2 aromatic rings. The van der Waals surface area contributed by atoms with E-state index in [0.29, 0.717) is 13.2 Å². The molecule has 92 valence electrons. The van der Waals surface area contributed by atoms with E-state index in [0.717, 1.165) is 10.9 Å². The fraction of sp³-hybridized carbons (Fsp3) is 0.462. The van der Waals surface area contributed by atoms with Gasteiger partial charge in [-0.05, 0) is 18.6 Å². The number of hydrogen-bond donors (Lipinski definition) is 0. The van der Waals surface area contributed by atoms with Crippen LogP contribution < -0.4 is 0 Å². The van der Waals surface area contributed by atoms with E-state index in [1.165, 1.54) is 5.56 Å². The van der Waals surface area contributed by atoms with Crippen LogP contribution in [0.5, 0.6) is 0 Å². The van der Waals surface area contributed by atoms with Crippen molar-refractivity contribution in [1.82, 2.24) is 9.78 Å². The molecule has 1 aromatic heterocycles. The quantitative estimate of drug-likeness (QED) is 0.795. The van der Waals surface area contributed by atoms with E-state index in [9.17, 15) is 0 Å². The summed E-state index contributed by atoms with van der Waals surface area (Å²) in [7, 11) is 3.39. The minimum absolute atomic E-state index is 0.115. The van der Waals surface area contributed by atoms with Crippen molar-refractivity contribution in [3.63, 3.8) is 0 Å². The summed E-state index contributed by atoms with van der Waals surface area (Å²) < 4.78 is 12.4. The number of fused-ring (bicyclic) bond motifs is 1. The number of hydrogen-bond acceptors (Lipinski definition) is 3. The van der Waals surface area contributed by atoms with Crippen LogP contribution in [0.1, 0.15) is 11.6 Å². The molecule has 17 heavy (non-hydrogen) atoms. The number of benzene rings is 1. The first-order valence-electron chi connectivity index (χ1n) is 5.68. The number of rotatable bonds is 5. The van der Waals surface area contributed by atoms with Crippen LogP contribution in [0.2, 0.25) is 0 Å². The van der Waals surface area contributed by atoms with Crippen molar-refractivity contribution in [2.24, 2.45) is 0 Å². The van der Waals surface area contributed by atoms with E-state index in [1.807, 2.05) is 10.9 Å². The third-order valence-electron chi connectivity index (χ3n) is 2.82. The molecule has 2 rings (SSSR count). The summed E-state index contributed by atoms with van der Waals surface area (Å²) in [5.74, 6) is 0. The summed E-state index contributed by atoms with van der Waals surface area (Å²) in [6, 6.07) is 6.44. The van der Waals surface area contributed by atoms with Crippen molar-refractivity contribution < 1.29 is 9.47 Å². The molecule has 0 atom stereocenters. The van der Waals surface area contributed by atoms with Gasteiger partial charge in [0.15, 0.2) is 0 Å². The van der Waals surface area contributed by atoms with Crippen LogP contribution in [0.3, 0.4) is 0 Å². The lowest BCUT2D eigenvalue weighted by Crippen LogP contribution is -2.20. The number of methoxy groups -OCH3 is 2. The van der Waals surface area contributed by atoms with E-state index in [-0.39, 0.29) is 6.04 Å². The SMILES string of the molecule is COCC(COC)n1ncc2ccc(C)cc21. The number of aromatic nitrogens is 2. The maximum Gasteiger partial charge on any atom is 0.0992 e. The molecule has 0 fully saturated rings. The van der Waals surface area contributed by atoms with E-state index >= 15 is 0 Å². The lowest BCUT2D eigenvalue weighted by molar-refractivity contribution is 0.0859. The lowest BCUT2D eigenvalue weighted by Gasteiger charge is -2.16. The third kappa shape index (κ3) is 2.48. The predicted octanol–water partition coefficient (Wildman–Crippen LogP) is 2.18. The van der Waals surface area contributed by atoms with Gasteiger partial charge < -0.3 is 9.47 Å². The smallest absolute Gasteiger partial charge is 0.0992 e. The summed E-state index contributed by atoms with van der Waals surface area (Å²) in [5.41, 5.74) is 2.36. The highest BCUT2D eigenvalue weighted by Gasteiger charge is 2.14. The average Bonchev–Trinajstić information content (AvgIpc) is 2.71. The van der Waals surface area contributed by atoms with Gasteiger partial charge in [-0.25, -0.2) is 0 Å². The molecule has 0 saturated carbocycles. The Morgan fingerprint density at radius 2 is 1.94 bits per heavy atom. The molecule has 0 aliphatic heterocycles. The minimum atomic E-state index is 0.115. The molecule has 1 heterocycles. The van der Waals surface area contributed by atoms with Crippen LogP contribution in [0, 0.1) is 6.92 Å². The second kappa shape index (κ2) is 5.29. The highest BCUT2D eigenvalue weighted by atomic mass is 16.5. The normalized spacial score (nSPS) is 11.5. The molecule has 1 aromatic carbocycles. The van der Waals surface area contributed by atoms with E-state index < -0.39 is 0 Å². The van der Waals surface area contributed by atoms with Crippen LogP contribution in [0.4, 0.5) is 0 Å². The first-order valence-corrected chi connectivity index (χ1v) is 5.68. The highest BCUT2D eigenvalue weighted by Crippen LogP contribution is 2.19. The standard InChI is InChI=1S/C13H18N2O2/c1-10-4-5-11-7-14-15(13(11)6-10)12(8-16-2)9-17-3/h4-7,12H,8-9H2,1-3H3. The zero-order valence-corrected chi connectivity index (χ0v) is 10.5. The summed E-state index contributed by atoms with van der Waals surface area (Å²) in [6.45, 7) is 3.27. The zero-order chi connectivity index (χ0) is 12.3. The van der Waals surface area contributed by atoms with Gasteiger partial charge in [0.05, 0.1) is 31.0 Å². The van der Waals surface area contributed by atoms with Crippen molar-refractivity contribution in [1.29, 1.82) is 0 Å². The van der Waals surface area contributed by atoms with Crippen LogP contribution in [0.25, 0.3) is 10.9 Å². The van der Waals surface area contributed by atoms with Crippen LogP contribution in [-0.2, 0) is 9.47 Å². The monoisotopic (exact) mass is 234 g/mol. The van der Waals surface area contributed by atoms with Gasteiger partial charge in [0.25, 0.3) is 0 Å². The summed E-state index contributed by atoms with van der Waals surface area (Å²) in [5, 5.41) is 5.58. The Kier molecular flexibility index (Phi) is 3.76. The Labute approximate surface area is 101 Å². The largest absolute Gasteiger partial charge is 0.382 e. The topological polar surface area (TPSA) is 36.3 Å². The van der Waals surface area contributed by atoms with Gasteiger partial charge in [0.1, 0.15) is 0 Å². The molecule has 0 aliphatic rings. The van der Waals surface area contributed by atoms with Gasteiger partial charge in [0.2, 0.25) is 0 Å². The average molecular weight is 234 g/mol. The Morgan fingerprint density at radius 3 is 2.59 bits per heavy atom. The zero-order valence-electron chi connectivity index (χ0n) is 10.5. The van der Waals surface area contributed by atoms with Gasteiger partial charge in [-0.15, -0.1) is 0 Å². The fourth-order valence-corrected chi connectivity index (χ4v) is 2.01. The Bertz CT molecular complexity index is 487. The van der Waals surface area contributed by atoms with Gasteiger partial charge in [-0.1, -0.05) is 12.1 Å². The van der Waals surface area contributed by atoms with Gasteiger partial charge in [0, 0.05) is 19.6 Å². The molecule has 0 amide bonds. The molecule has 0 N–H and O–H groups in total. The lowest BCUT2D eigenvalue weighted by atomic mass is 10.2. The maximum absolute atomic E-state index is 5.22. The van der Waals surface area contributed by atoms with E-state index in [1.54, 1.807) is 14.2 Å². The van der Waals surface area contributed by atoms with Crippen LogP contribution in [0.15, 0.2) is 24.4 Å². The van der Waals surface area contributed by atoms with Crippen molar-refractivity contribution in [3.8, 4) is 0 Å². The molecule has 0 bridgehead atoms. The Hall–Kier alpha value is -1.39. The molecular formula is C13H18N2O2. The molecule has 0 saturated heterocycles. The predicted molar refractivity (Wildman–Crippen MR) is 67.3 cm³/mol. The molecule has 4 nitrogen and oxygen atoms in total. The van der Waals surface area contributed by atoms with Crippen molar-refractivity contribution >= 4 is 10.9 Å². The molecule has 0 radical (unpaired) electrons. The van der Waals surface area contributed by atoms with E-state index in [4.69, 9.17) is 9.47 Å². The van der Waals surface area contributed by atoms with Crippen molar-refractivity contribution in [2.75, 3.05) is 27.4 Å². The second-order valence-corrected chi connectivity index (χ2v) is 4.22. The van der Waals surface area contributed by atoms with Gasteiger partial charge >= 0.3 is 0 Å². The molecular weight excluding hydrogens is 216 g/mol. The first-order chi connectivity index (χ1) is 8.26. The first kappa shape index (κ1) is 12.1. The van der Waals surface area contributed by atoms with Gasteiger partial charge in [-0.3, -0.25) is 4.68 Å². The molecule has 0 aliphatic carbocycles. The maximum atomic E-state index is 5.22. The summed E-state index contributed by atoms with van der Waals surface area (Å²) in [6.07, 6.45) is 1.88. The number of nitrogens with zero attached hydrogens (tertiary/aromatic N) is 2. The third-order valence-corrected chi connectivity index (χ3v) is 2.82. The highest BCUT2D eigenvalue weighted by molar-refractivity contribution is 5.79. The molecule has 0 unspecified atom stereocenters. The Morgan fingerprint density at radius 1 is 1.24 bits per heavy atom. The number of aryl methyl sites for hydroxylation is 1. The summed E-state index contributed by atoms with van der Waals surface area (Å²) in [4.78, 5) is 0. The minimum Gasteiger partial charge on any atom is -0.382 e. The van der Waals surface area contributed by atoms with E-state index in [2.05, 4.69) is 30.2 Å². The fourth-order valence-electron chi connectivity index (χ4n) is 2.01. The van der Waals surface area contributed by atoms with Crippen LogP contribution in [-0.4, -0.2) is 37.2 Å². The van der Waals surface area contributed by atoms with Gasteiger partial charge in [-0.2, -0.15) is 5.10 Å². The molecule has 4 heteroatoms. The Balaban J connectivity index is 2.41. The summed E-state index contributed by atoms with van der Waals surface area (Å²) >= 11 is 0. The van der Waals surface area contributed by atoms with Crippen molar-refractivity contribution in [3.05, 3.63) is 30.0 Å².